The third kappa shape index (κ3) is 5.01. The summed E-state index contributed by atoms with van der Waals surface area (Å²) in [7, 11) is 0. The van der Waals surface area contributed by atoms with Crippen LogP contribution in [0.3, 0.4) is 0 Å². The van der Waals surface area contributed by atoms with Crippen LogP contribution in [0.25, 0.3) is 11.0 Å². The van der Waals surface area contributed by atoms with Crippen molar-refractivity contribution in [3.05, 3.63) is 48.4 Å². The molecule has 1 aliphatic carbocycles. The number of benzene rings is 1. The highest BCUT2D eigenvalue weighted by atomic mass is 16.3. The van der Waals surface area contributed by atoms with E-state index in [-0.39, 0.29) is 18.7 Å². The molecule has 180 valence electrons. The first-order valence-corrected chi connectivity index (χ1v) is 12.5. The van der Waals surface area contributed by atoms with Crippen LogP contribution in [0.2, 0.25) is 0 Å². The Balaban J connectivity index is 1.24. The van der Waals surface area contributed by atoms with Gasteiger partial charge in [0.05, 0.1) is 18.0 Å². The van der Waals surface area contributed by atoms with Gasteiger partial charge in [0, 0.05) is 30.9 Å². The van der Waals surface area contributed by atoms with Gasteiger partial charge in [-0.1, -0.05) is 31.4 Å². The molecule has 1 unspecified atom stereocenters. The topological polar surface area (TPSA) is 106 Å². The van der Waals surface area contributed by atoms with E-state index in [9.17, 15) is 9.90 Å². The molecule has 1 aromatic carbocycles. The highest BCUT2D eigenvalue weighted by Crippen LogP contribution is 2.33. The van der Waals surface area contributed by atoms with Crippen molar-refractivity contribution in [1.82, 2.24) is 20.3 Å². The van der Waals surface area contributed by atoms with Crippen LogP contribution in [0.5, 0.6) is 0 Å². The molecule has 8 nitrogen and oxygen atoms in total. The van der Waals surface area contributed by atoms with Crippen molar-refractivity contribution in [2.45, 2.75) is 56.9 Å². The van der Waals surface area contributed by atoms with Crippen LogP contribution in [0.15, 0.2) is 42.9 Å². The van der Waals surface area contributed by atoms with Gasteiger partial charge in [0.2, 0.25) is 0 Å². The number of rotatable bonds is 6. The van der Waals surface area contributed by atoms with Crippen molar-refractivity contribution >= 4 is 28.6 Å². The van der Waals surface area contributed by atoms with E-state index in [1.165, 1.54) is 24.8 Å². The molecule has 2 fully saturated rings. The molecule has 34 heavy (non-hydrogen) atoms. The number of carbonyl (C=O) groups excluding carboxylic acids is 1. The molecule has 8 heteroatoms. The minimum atomic E-state index is -0.247. The molecule has 5 rings (SSSR count). The van der Waals surface area contributed by atoms with Gasteiger partial charge in [-0.05, 0) is 55.4 Å². The Labute approximate surface area is 200 Å². The Morgan fingerprint density at radius 3 is 2.88 bits per heavy atom. The van der Waals surface area contributed by atoms with Gasteiger partial charge in [0.25, 0.3) is 0 Å². The lowest BCUT2D eigenvalue weighted by Gasteiger charge is -2.34. The quantitative estimate of drug-likeness (QED) is 0.434. The van der Waals surface area contributed by atoms with E-state index >= 15 is 0 Å². The number of nitrogens with zero attached hydrogens (tertiary/aromatic N) is 3. The number of urea groups is 1. The molecule has 1 saturated carbocycles. The van der Waals surface area contributed by atoms with Gasteiger partial charge in [-0.3, -0.25) is 0 Å². The maximum Gasteiger partial charge on any atom is 0.319 e. The zero-order valence-corrected chi connectivity index (χ0v) is 19.5. The molecule has 3 aromatic rings. The average Bonchev–Trinajstić information content (AvgIpc) is 3.37. The Hall–Kier alpha value is -3.13. The summed E-state index contributed by atoms with van der Waals surface area (Å²) in [6.45, 7) is 1.83. The summed E-state index contributed by atoms with van der Waals surface area (Å²) in [5.41, 5.74) is 2.86. The first kappa shape index (κ1) is 22.7. The lowest BCUT2D eigenvalue weighted by Crippen LogP contribution is -2.45. The van der Waals surface area contributed by atoms with Gasteiger partial charge in [0.15, 0.2) is 0 Å². The first-order valence-electron chi connectivity index (χ1n) is 12.5. The van der Waals surface area contributed by atoms with Crippen LogP contribution < -0.4 is 15.5 Å². The number of amides is 2. The second kappa shape index (κ2) is 10.4. The van der Waals surface area contributed by atoms with Crippen molar-refractivity contribution in [2.24, 2.45) is 5.92 Å². The highest BCUT2D eigenvalue weighted by Gasteiger charge is 2.26. The summed E-state index contributed by atoms with van der Waals surface area (Å²) in [5, 5.41) is 16.9. The standard InChI is InChI=1S/C26H34N6O2/c33-16-23(18-6-2-1-3-7-18)31-26(34)30-21-10-4-8-19(14-21)20-9-5-13-32(15-20)25-22-11-12-27-24(22)28-17-29-25/h4,8,10-12,14,17-18,20,23,33H,1-3,5-7,9,13,15-16H2,(H,27,28,29)(H2,30,31,34)/t20?,23-/m1/s1. The fourth-order valence-electron chi connectivity index (χ4n) is 5.61. The molecule has 2 atom stereocenters. The Morgan fingerprint density at radius 2 is 2.03 bits per heavy atom. The molecule has 2 aromatic heterocycles. The molecule has 2 amide bonds. The number of anilines is 2. The van der Waals surface area contributed by atoms with Crippen molar-refractivity contribution < 1.29 is 9.90 Å². The van der Waals surface area contributed by atoms with Gasteiger partial charge >= 0.3 is 6.03 Å². The Kier molecular flexibility index (Phi) is 6.94. The molecule has 0 radical (unpaired) electrons. The van der Waals surface area contributed by atoms with Crippen molar-refractivity contribution in [3.63, 3.8) is 0 Å². The summed E-state index contributed by atoms with van der Waals surface area (Å²) >= 11 is 0. The van der Waals surface area contributed by atoms with Crippen LogP contribution in [-0.2, 0) is 0 Å². The van der Waals surface area contributed by atoms with Gasteiger partial charge < -0.3 is 25.6 Å². The zero-order valence-electron chi connectivity index (χ0n) is 19.5. The van der Waals surface area contributed by atoms with E-state index in [4.69, 9.17) is 0 Å². The van der Waals surface area contributed by atoms with E-state index in [2.05, 4.69) is 42.6 Å². The number of aromatic amines is 1. The fraction of sp³-hybridized carbons (Fsp3) is 0.500. The number of hydrogen-bond donors (Lipinski definition) is 4. The normalized spacial score (nSPS) is 20.3. The molecule has 2 aliphatic rings. The van der Waals surface area contributed by atoms with Crippen molar-refractivity contribution in [3.8, 4) is 0 Å². The van der Waals surface area contributed by atoms with Crippen LogP contribution in [0, 0.1) is 5.92 Å². The third-order valence-corrected chi connectivity index (χ3v) is 7.40. The summed E-state index contributed by atoms with van der Waals surface area (Å²) in [6.07, 6.45) is 11.4. The number of aliphatic hydroxyl groups is 1. The lowest BCUT2D eigenvalue weighted by molar-refractivity contribution is 0.173. The van der Waals surface area contributed by atoms with Gasteiger partial charge in [-0.25, -0.2) is 14.8 Å². The van der Waals surface area contributed by atoms with E-state index in [1.54, 1.807) is 6.33 Å². The largest absolute Gasteiger partial charge is 0.394 e. The molecule has 0 spiro atoms. The number of fused-ring (bicyclic) bond motifs is 1. The van der Waals surface area contributed by atoms with Gasteiger partial charge in [-0.15, -0.1) is 0 Å². The first-order chi connectivity index (χ1) is 16.7. The van der Waals surface area contributed by atoms with Crippen LogP contribution >= 0.6 is 0 Å². The van der Waals surface area contributed by atoms with Gasteiger partial charge in [0.1, 0.15) is 17.8 Å². The fourth-order valence-corrected chi connectivity index (χ4v) is 5.61. The number of hydrogen-bond acceptors (Lipinski definition) is 5. The second-order valence-electron chi connectivity index (χ2n) is 9.63. The lowest BCUT2D eigenvalue weighted by atomic mass is 9.84. The molecule has 0 bridgehead atoms. The molecule has 1 saturated heterocycles. The SMILES string of the molecule is O=C(Nc1cccc(C2CCCN(c3ncnc4[nH]ccc34)C2)c1)N[C@H](CO)C1CCCCC1. The smallest absolute Gasteiger partial charge is 0.319 e. The van der Waals surface area contributed by atoms with E-state index < -0.39 is 0 Å². The number of H-pyrrole nitrogens is 1. The van der Waals surface area contributed by atoms with Crippen LogP contribution in [0.1, 0.15) is 56.4 Å². The number of nitrogens with one attached hydrogen (secondary N) is 3. The van der Waals surface area contributed by atoms with Crippen molar-refractivity contribution in [1.29, 1.82) is 0 Å². The monoisotopic (exact) mass is 462 g/mol. The molecule has 4 N–H and O–H groups in total. The molecule has 3 heterocycles. The minimum Gasteiger partial charge on any atom is -0.394 e. The average molecular weight is 463 g/mol. The van der Waals surface area contributed by atoms with Crippen LogP contribution in [0.4, 0.5) is 16.3 Å². The Bertz CT molecular complexity index is 1110. The maximum absolute atomic E-state index is 12.7. The predicted molar refractivity (Wildman–Crippen MR) is 134 cm³/mol. The van der Waals surface area contributed by atoms with E-state index in [1.807, 2.05) is 24.4 Å². The summed E-state index contributed by atoms with van der Waals surface area (Å²) in [5.74, 6) is 1.69. The molecular weight excluding hydrogens is 428 g/mol. The zero-order chi connectivity index (χ0) is 23.3. The number of piperidine rings is 1. The predicted octanol–water partition coefficient (Wildman–Crippen LogP) is 4.40. The number of aliphatic hydroxyl groups excluding tert-OH is 1. The summed E-state index contributed by atoms with van der Waals surface area (Å²) in [6, 6.07) is 9.74. The molecular formula is C26H34N6O2. The van der Waals surface area contributed by atoms with Crippen molar-refractivity contribution in [2.75, 3.05) is 29.9 Å². The summed E-state index contributed by atoms with van der Waals surface area (Å²) < 4.78 is 0. The number of aromatic nitrogens is 3. The van der Waals surface area contributed by atoms with E-state index in [0.717, 1.165) is 61.3 Å². The van der Waals surface area contributed by atoms with Crippen LogP contribution in [-0.4, -0.2) is 51.8 Å². The highest BCUT2D eigenvalue weighted by molar-refractivity contribution is 5.89. The maximum atomic E-state index is 12.7. The third-order valence-electron chi connectivity index (χ3n) is 7.40. The minimum absolute atomic E-state index is 0.0203. The molecule has 1 aliphatic heterocycles. The number of carbonyl (C=O) groups is 1. The summed E-state index contributed by atoms with van der Waals surface area (Å²) in [4.78, 5) is 27.1. The van der Waals surface area contributed by atoms with Gasteiger partial charge in [-0.2, -0.15) is 0 Å². The Morgan fingerprint density at radius 1 is 1.15 bits per heavy atom. The van der Waals surface area contributed by atoms with E-state index in [0.29, 0.717) is 11.8 Å². The second-order valence-corrected chi connectivity index (χ2v) is 9.63.